The first-order chi connectivity index (χ1) is 13.4. The molecule has 2 atom stereocenters. The number of hydrogen-bond acceptors (Lipinski definition) is 3. The van der Waals surface area contributed by atoms with E-state index < -0.39 is 17.7 Å². The fraction of sp³-hybridized carbons (Fsp3) is 0.682. The number of alkyl halides is 3. The van der Waals surface area contributed by atoms with E-state index in [1.807, 2.05) is 0 Å². The Kier molecular flexibility index (Phi) is 5.78. The molecule has 4 nitrogen and oxygen atoms in total. The summed E-state index contributed by atoms with van der Waals surface area (Å²) in [7, 11) is 0.937. The highest BCUT2D eigenvalue weighted by molar-refractivity contribution is 5.86. The second-order valence-electron chi connectivity index (χ2n) is 9.31. The van der Waals surface area contributed by atoms with Gasteiger partial charge in [-0.15, -0.1) is 0 Å². The fourth-order valence-electron chi connectivity index (χ4n) is 4.19. The molecular weight excluding hydrogens is 381 g/mol. The Morgan fingerprint density at radius 3 is 2.41 bits per heavy atom. The SMILES string of the molecule is CO[C@@](C)(C(=O)N1CCc2cc(C(C)(C)C)cc([C@@H]3CCCN3)c2C1)C(F)(F)F. The Morgan fingerprint density at radius 1 is 1.21 bits per heavy atom. The highest BCUT2D eigenvalue weighted by Crippen LogP contribution is 2.39. The second kappa shape index (κ2) is 7.58. The van der Waals surface area contributed by atoms with Crippen molar-refractivity contribution in [3.05, 3.63) is 34.4 Å². The third-order valence-corrected chi connectivity index (χ3v) is 6.32. The Morgan fingerprint density at radius 2 is 1.90 bits per heavy atom. The first-order valence-corrected chi connectivity index (χ1v) is 10.2. The van der Waals surface area contributed by atoms with Crippen molar-refractivity contribution in [1.29, 1.82) is 0 Å². The van der Waals surface area contributed by atoms with Crippen LogP contribution in [0.2, 0.25) is 0 Å². The predicted molar refractivity (Wildman–Crippen MR) is 106 cm³/mol. The minimum absolute atomic E-state index is 0.0275. The van der Waals surface area contributed by atoms with Crippen LogP contribution in [0.1, 0.15) is 68.8 Å². The van der Waals surface area contributed by atoms with Crippen LogP contribution in [0.15, 0.2) is 12.1 Å². The summed E-state index contributed by atoms with van der Waals surface area (Å²) in [5, 5.41) is 3.50. The van der Waals surface area contributed by atoms with Gasteiger partial charge in [-0.25, -0.2) is 0 Å². The Hall–Kier alpha value is -1.60. The van der Waals surface area contributed by atoms with E-state index in [4.69, 9.17) is 0 Å². The van der Waals surface area contributed by atoms with Crippen LogP contribution >= 0.6 is 0 Å². The molecule has 0 radical (unpaired) electrons. The number of amides is 1. The molecule has 0 bridgehead atoms. The van der Waals surface area contributed by atoms with Gasteiger partial charge < -0.3 is 15.0 Å². The van der Waals surface area contributed by atoms with Crippen molar-refractivity contribution >= 4 is 5.91 Å². The average Bonchev–Trinajstić information content (AvgIpc) is 3.18. The number of carbonyl (C=O) groups is 1. The summed E-state index contributed by atoms with van der Waals surface area (Å²) in [5.74, 6) is -1.02. The van der Waals surface area contributed by atoms with E-state index in [2.05, 4.69) is 43.0 Å². The van der Waals surface area contributed by atoms with Gasteiger partial charge in [0.2, 0.25) is 5.60 Å². The lowest BCUT2D eigenvalue weighted by Gasteiger charge is -2.38. The number of carbonyl (C=O) groups excluding carboxylic acids is 1. The molecule has 0 unspecified atom stereocenters. The summed E-state index contributed by atoms with van der Waals surface area (Å²) in [6, 6.07) is 4.52. The quantitative estimate of drug-likeness (QED) is 0.807. The van der Waals surface area contributed by atoms with E-state index in [9.17, 15) is 18.0 Å². The zero-order valence-electron chi connectivity index (χ0n) is 17.9. The van der Waals surface area contributed by atoms with Crippen LogP contribution in [-0.4, -0.2) is 42.8 Å². The second-order valence-corrected chi connectivity index (χ2v) is 9.31. The van der Waals surface area contributed by atoms with Crippen LogP contribution < -0.4 is 5.32 Å². The van der Waals surface area contributed by atoms with Crippen molar-refractivity contribution < 1.29 is 22.7 Å². The summed E-state index contributed by atoms with van der Waals surface area (Å²) in [6.45, 7) is 8.66. The van der Waals surface area contributed by atoms with Crippen molar-refractivity contribution in [2.24, 2.45) is 0 Å². The monoisotopic (exact) mass is 412 g/mol. The maximum Gasteiger partial charge on any atom is 0.426 e. The topological polar surface area (TPSA) is 41.6 Å². The zero-order valence-corrected chi connectivity index (χ0v) is 17.9. The number of rotatable bonds is 3. The molecule has 7 heteroatoms. The summed E-state index contributed by atoms with van der Waals surface area (Å²) in [6.07, 6.45) is -2.17. The molecule has 0 spiro atoms. The standard InChI is InChI=1S/C22H31F3N2O2/c1-20(2,3)15-11-14-8-10-27(19(28)21(4,29-5)22(23,24)25)13-17(14)16(12-15)18-7-6-9-26-18/h11-12,18,26H,6-10,13H2,1-5H3/t18-,21-/m0/s1. The molecule has 0 aromatic heterocycles. The fourth-order valence-corrected chi connectivity index (χ4v) is 4.19. The molecule has 3 rings (SSSR count). The number of ether oxygens (including phenoxy) is 1. The summed E-state index contributed by atoms with van der Waals surface area (Å²) in [5.41, 5.74) is 1.60. The van der Waals surface area contributed by atoms with Gasteiger partial charge in [0.15, 0.2) is 0 Å². The van der Waals surface area contributed by atoms with Crippen LogP contribution in [0.3, 0.4) is 0 Å². The molecular formula is C22H31F3N2O2. The molecule has 29 heavy (non-hydrogen) atoms. The van der Waals surface area contributed by atoms with E-state index >= 15 is 0 Å². The van der Waals surface area contributed by atoms with Crippen LogP contribution in [0.25, 0.3) is 0 Å². The molecule has 0 saturated carbocycles. The highest BCUT2D eigenvalue weighted by Gasteiger charge is 2.59. The number of nitrogens with one attached hydrogen (secondary N) is 1. The van der Waals surface area contributed by atoms with Crippen molar-refractivity contribution in [3.8, 4) is 0 Å². The van der Waals surface area contributed by atoms with Gasteiger partial charge in [0, 0.05) is 26.2 Å². The molecule has 1 saturated heterocycles. The Labute approximate surface area is 170 Å². The molecule has 1 N–H and O–H groups in total. The van der Waals surface area contributed by atoms with Gasteiger partial charge in [-0.1, -0.05) is 32.9 Å². The van der Waals surface area contributed by atoms with Gasteiger partial charge >= 0.3 is 6.18 Å². The number of hydrogen-bond donors (Lipinski definition) is 1. The van der Waals surface area contributed by atoms with E-state index in [1.54, 1.807) is 0 Å². The van der Waals surface area contributed by atoms with E-state index in [0.717, 1.165) is 50.1 Å². The first-order valence-electron chi connectivity index (χ1n) is 10.2. The third kappa shape index (κ3) is 4.04. The summed E-state index contributed by atoms with van der Waals surface area (Å²) >= 11 is 0. The smallest absolute Gasteiger partial charge is 0.361 e. The summed E-state index contributed by atoms with van der Waals surface area (Å²) < 4.78 is 45.3. The van der Waals surface area contributed by atoms with Crippen molar-refractivity contribution in [2.45, 2.75) is 76.7 Å². The molecule has 162 valence electrons. The maximum atomic E-state index is 13.5. The number of benzene rings is 1. The van der Waals surface area contributed by atoms with Crippen molar-refractivity contribution in [3.63, 3.8) is 0 Å². The largest absolute Gasteiger partial charge is 0.426 e. The molecule has 2 aliphatic heterocycles. The van der Waals surface area contributed by atoms with E-state index in [1.165, 1.54) is 10.5 Å². The number of halogens is 3. The predicted octanol–water partition coefficient (Wildman–Crippen LogP) is 4.26. The van der Waals surface area contributed by atoms with Crippen molar-refractivity contribution in [1.82, 2.24) is 10.2 Å². The lowest BCUT2D eigenvalue weighted by molar-refractivity contribution is -0.258. The van der Waals surface area contributed by atoms with Crippen molar-refractivity contribution in [2.75, 3.05) is 20.2 Å². The van der Waals surface area contributed by atoms with E-state index in [-0.39, 0.29) is 24.5 Å². The lowest BCUT2D eigenvalue weighted by Crippen LogP contribution is -2.58. The van der Waals surface area contributed by atoms with Gasteiger partial charge in [-0.3, -0.25) is 4.79 Å². The zero-order chi connectivity index (χ0) is 21.6. The molecule has 1 fully saturated rings. The van der Waals surface area contributed by atoms with Gasteiger partial charge in [-0.2, -0.15) is 13.2 Å². The van der Waals surface area contributed by atoms with Gasteiger partial charge in [0.25, 0.3) is 5.91 Å². The normalized spacial score (nSPS) is 22.3. The number of fused-ring (bicyclic) bond motifs is 1. The highest BCUT2D eigenvalue weighted by atomic mass is 19.4. The molecule has 1 aromatic rings. The Balaban J connectivity index is 2.00. The maximum absolute atomic E-state index is 13.5. The molecule has 1 aromatic carbocycles. The lowest BCUT2D eigenvalue weighted by atomic mass is 9.80. The number of nitrogens with zero attached hydrogens (tertiary/aromatic N) is 1. The van der Waals surface area contributed by atoms with Gasteiger partial charge in [0.05, 0.1) is 0 Å². The first kappa shape index (κ1) is 22.1. The average molecular weight is 412 g/mol. The summed E-state index contributed by atoms with van der Waals surface area (Å²) in [4.78, 5) is 14.1. The third-order valence-electron chi connectivity index (χ3n) is 6.32. The van der Waals surface area contributed by atoms with Crippen LogP contribution in [0.4, 0.5) is 13.2 Å². The van der Waals surface area contributed by atoms with Gasteiger partial charge in [0.1, 0.15) is 0 Å². The Bertz CT molecular complexity index is 779. The van der Waals surface area contributed by atoms with Crippen LogP contribution in [0.5, 0.6) is 0 Å². The minimum atomic E-state index is -4.77. The van der Waals surface area contributed by atoms with E-state index in [0.29, 0.717) is 6.42 Å². The molecule has 2 heterocycles. The molecule has 1 amide bonds. The number of methoxy groups -OCH3 is 1. The van der Waals surface area contributed by atoms with Crippen LogP contribution in [-0.2, 0) is 27.9 Å². The molecule has 0 aliphatic carbocycles. The van der Waals surface area contributed by atoms with Crippen LogP contribution in [0, 0.1) is 0 Å². The minimum Gasteiger partial charge on any atom is -0.361 e. The van der Waals surface area contributed by atoms with Gasteiger partial charge in [-0.05, 0) is 60.4 Å². The molecule has 2 aliphatic rings.